The highest BCUT2D eigenvalue weighted by Gasteiger charge is 2.37. The van der Waals surface area contributed by atoms with Crippen molar-refractivity contribution < 1.29 is 0 Å². The summed E-state index contributed by atoms with van der Waals surface area (Å²) in [7, 11) is 0. The molecule has 1 aromatic rings. The molecule has 106 valence electrons. The largest absolute Gasteiger partial charge is 0.295 e. The number of hydrogen-bond acceptors (Lipinski definition) is 3. The van der Waals surface area contributed by atoms with Gasteiger partial charge in [-0.3, -0.25) is 9.80 Å². The molecule has 2 aliphatic rings. The van der Waals surface area contributed by atoms with Crippen LogP contribution < -0.4 is 0 Å². The van der Waals surface area contributed by atoms with Crippen molar-refractivity contribution in [1.82, 2.24) is 9.80 Å². The Balaban J connectivity index is 1.68. The van der Waals surface area contributed by atoms with Crippen molar-refractivity contribution in [2.45, 2.75) is 44.3 Å². The molecule has 3 heteroatoms. The van der Waals surface area contributed by atoms with Gasteiger partial charge >= 0.3 is 0 Å². The topological polar surface area (TPSA) is 30.3 Å². The summed E-state index contributed by atoms with van der Waals surface area (Å²) in [6.07, 6.45) is 5.10. The van der Waals surface area contributed by atoms with E-state index in [2.05, 4.69) is 46.2 Å². The van der Waals surface area contributed by atoms with Crippen LogP contribution in [0.1, 0.15) is 31.2 Å². The second kappa shape index (κ2) is 6.39. The van der Waals surface area contributed by atoms with E-state index in [1.54, 1.807) is 0 Å². The SMILES string of the molecule is N#CCN1CCC[C@@H]1[C@H]1CCCN1Cc1ccccc1. The van der Waals surface area contributed by atoms with E-state index in [1.165, 1.54) is 37.8 Å². The zero-order valence-electron chi connectivity index (χ0n) is 12.0. The summed E-state index contributed by atoms with van der Waals surface area (Å²) in [6.45, 7) is 3.97. The Morgan fingerprint density at radius 1 is 1.00 bits per heavy atom. The Labute approximate surface area is 121 Å². The fraction of sp³-hybridized carbons (Fsp3) is 0.588. The van der Waals surface area contributed by atoms with E-state index in [0.717, 1.165) is 13.1 Å². The molecule has 1 aromatic carbocycles. The quantitative estimate of drug-likeness (QED) is 0.787. The normalized spacial score (nSPS) is 27.8. The Morgan fingerprint density at radius 3 is 2.35 bits per heavy atom. The molecule has 2 aliphatic heterocycles. The molecule has 3 nitrogen and oxygen atoms in total. The van der Waals surface area contributed by atoms with Crippen molar-refractivity contribution in [3.05, 3.63) is 35.9 Å². The van der Waals surface area contributed by atoms with Crippen molar-refractivity contribution in [2.24, 2.45) is 0 Å². The molecular formula is C17H23N3. The molecule has 2 atom stereocenters. The maximum atomic E-state index is 8.98. The number of nitrogens with zero attached hydrogens (tertiary/aromatic N) is 3. The van der Waals surface area contributed by atoms with Gasteiger partial charge in [-0.25, -0.2) is 0 Å². The molecule has 0 saturated carbocycles. The Hall–Kier alpha value is -1.37. The predicted molar refractivity (Wildman–Crippen MR) is 80.1 cm³/mol. The lowest BCUT2D eigenvalue weighted by Gasteiger charge is -2.34. The molecular weight excluding hydrogens is 246 g/mol. The average molecular weight is 269 g/mol. The van der Waals surface area contributed by atoms with Gasteiger partial charge in [-0.15, -0.1) is 0 Å². The van der Waals surface area contributed by atoms with Crippen LogP contribution >= 0.6 is 0 Å². The van der Waals surface area contributed by atoms with Gasteiger partial charge in [0.25, 0.3) is 0 Å². The summed E-state index contributed by atoms with van der Waals surface area (Å²) < 4.78 is 0. The number of rotatable bonds is 4. The average Bonchev–Trinajstić information content (AvgIpc) is 3.09. The fourth-order valence-corrected chi connectivity index (χ4v) is 3.88. The van der Waals surface area contributed by atoms with E-state index in [0.29, 0.717) is 18.6 Å². The van der Waals surface area contributed by atoms with Crippen LogP contribution in [-0.4, -0.2) is 41.5 Å². The van der Waals surface area contributed by atoms with Gasteiger partial charge in [0, 0.05) is 18.6 Å². The molecule has 0 spiro atoms. The number of likely N-dealkylation sites (tertiary alicyclic amines) is 2. The van der Waals surface area contributed by atoms with Crippen LogP contribution in [0.25, 0.3) is 0 Å². The fourth-order valence-electron chi connectivity index (χ4n) is 3.88. The standard InChI is InChI=1S/C17H23N3/c18-10-13-19-11-4-8-16(19)17-9-5-12-20(17)14-15-6-2-1-3-7-15/h1-3,6-7,16-17H,4-5,8-9,11-14H2/t16-,17-/m1/s1. The van der Waals surface area contributed by atoms with Gasteiger partial charge in [0.2, 0.25) is 0 Å². The molecule has 2 heterocycles. The molecule has 0 radical (unpaired) electrons. The molecule has 2 saturated heterocycles. The highest BCUT2D eigenvalue weighted by Crippen LogP contribution is 2.30. The van der Waals surface area contributed by atoms with E-state index in [4.69, 9.17) is 5.26 Å². The molecule has 0 aliphatic carbocycles. The third-order valence-corrected chi connectivity index (χ3v) is 4.77. The minimum Gasteiger partial charge on any atom is -0.295 e. The van der Waals surface area contributed by atoms with Crippen LogP contribution in [0.3, 0.4) is 0 Å². The molecule has 0 N–H and O–H groups in total. The van der Waals surface area contributed by atoms with Crippen LogP contribution in [0.4, 0.5) is 0 Å². The lowest BCUT2D eigenvalue weighted by molar-refractivity contribution is 0.138. The van der Waals surface area contributed by atoms with Gasteiger partial charge < -0.3 is 0 Å². The third kappa shape index (κ3) is 2.87. The minimum absolute atomic E-state index is 0.598. The monoisotopic (exact) mass is 269 g/mol. The summed E-state index contributed by atoms with van der Waals surface area (Å²) in [5, 5.41) is 8.98. The smallest absolute Gasteiger partial charge is 0.0868 e. The number of benzene rings is 1. The van der Waals surface area contributed by atoms with Gasteiger partial charge in [0.1, 0.15) is 0 Å². The van der Waals surface area contributed by atoms with Gasteiger partial charge in [0.05, 0.1) is 12.6 Å². The summed E-state index contributed by atoms with van der Waals surface area (Å²) in [4.78, 5) is 5.03. The first-order valence-corrected chi connectivity index (χ1v) is 7.77. The van der Waals surface area contributed by atoms with Gasteiger partial charge in [0.15, 0.2) is 0 Å². The molecule has 0 aromatic heterocycles. The van der Waals surface area contributed by atoms with Crippen LogP contribution in [-0.2, 0) is 6.54 Å². The summed E-state index contributed by atoms with van der Waals surface area (Å²) in [6, 6.07) is 14.3. The van der Waals surface area contributed by atoms with E-state index in [1.807, 2.05) is 0 Å². The summed E-state index contributed by atoms with van der Waals surface area (Å²) in [5.41, 5.74) is 1.41. The first-order chi connectivity index (χ1) is 9.88. The lowest BCUT2D eigenvalue weighted by atomic mass is 10.0. The van der Waals surface area contributed by atoms with E-state index in [9.17, 15) is 0 Å². The first-order valence-electron chi connectivity index (χ1n) is 7.77. The second-order valence-electron chi connectivity index (χ2n) is 6.00. The lowest BCUT2D eigenvalue weighted by Crippen LogP contribution is -2.45. The number of nitriles is 1. The van der Waals surface area contributed by atoms with Gasteiger partial charge in [-0.05, 0) is 44.3 Å². The second-order valence-corrected chi connectivity index (χ2v) is 6.00. The predicted octanol–water partition coefficient (Wildman–Crippen LogP) is 2.64. The molecule has 0 unspecified atom stereocenters. The Morgan fingerprint density at radius 2 is 1.65 bits per heavy atom. The van der Waals surface area contributed by atoms with E-state index in [-0.39, 0.29) is 0 Å². The van der Waals surface area contributed by atoms with Crippen molar-refractivity contribution in [3.63, 3.8) is 0 Å². The molecule has 20 heavy (non-hydrogen) atoms. The van der Waals surface area contributed by atoms with Gasteiger partial charge in [-0.2, -0.15) is 5.26 Å². The summed E-state index contributed by atoms with van der Waals surface area (Å²) in [5.74, 6) is 0. The van der Waals surface area contributed by atoms with Crippen molar-refractivity contribution in [2.75, 3.05) is 19.6 Å². The molecule has 2 fully saturated rings. The molecule has 3 rings (SSSR count). The zero-order valence-corrected chi connectivity index (χ0v) is 12.0. The Bertz CT molecular complexity index is 465. The third-order valence-electron chi connectivity index (χ3n) is 4.77. The zero-order chi connectivity index (χ0) is 13.8. The van der Waals surface area contributed by atoms with Crippen LogP contribution in [0.5, 0.6) is 0 Å². The molecule has 0 amide bonds. The Kier molecular flexibility index (Phi) is 4.34. The maximum absolute atomic E-state index is 8.98. The van der Waals surface area contributed by atoms with Crippen molar-refractivity contribution >= 4 is 0 Å². The highest BCUT2D eigenvalue weighted by atomic mass is 15.3. The van der Waals surface area contributed by atoms with E-state index < -0.39 is 0 Å². The van der Waals surface area contributed by atoms with Crippen LogP contribution in [0.15, 0.2) is 30.3 Å². The highest BCUT2D eigenvalue weighted by molar-refractivity contribution is 5.15. The van der Waals surface area contributed by atoms with Crippen LogP contribution in [0.2, 0.25) is 0 Å². The first kappa shape index (κ1) is 13.6. The van der Waals surface area contributed by atoms with Crippen molar-refractivity contribution in [3.8, 4) is 6.07 Å². The van der Waals surface area contributed by atoms with Crippen LogP contribution in [0, 0.1) is 11.3 Å². The van der Waals surface area contributed by atoms with E-state index >= 15 is 0 Å². The maximum Gasteiger partial charge on any atom is 0.0868 e. The molecule has 0 bridgehead atoms. The minimum atomic E-state index is 0.598. The van der Waals surface area contributed by atoms with Crippen molar-refractivity contribution in [1.29, 1.82) is 5.26 Å². The number of hydrogen-bond donors (Lipinski definition) is 0. The van der Waals surface area contributed by atoms with Gasteiger partial charge in [-0.1, -0.05) is 30.3 Å². The summed E-state index contributed by atoms with van der Waals surface area (Å²) >= 11 is 0.